The molecule has 0 bridgehead atoms. The van der Waals surface area contributed by atoms with E-state index < -0.39 is 27.8 Å². The molecule has 1 fully saturated rings. The van der Waals surface area contributed by atoms with Gasteiger partial charge in [0.15, 0.2) is 5.60 Å². The lowest BCUT2D eigenvalue weighted by molar-refractivity contribution is -0.258. The molecule has 1 aliphatic heterocycles. The molecule has 0 amide bonds. The third-order valence-electron chi connectivity index (χ3n) is 6.76. The van der Waals surface area contributed by atoms with Gasteiger partial charge < -0.3 is 14.7 Å². The monoisotopic (exact) mass is 566 g/mol. The van der Waals surface area contributed by atoms with Crippen LogP contribution in [-0.2, 0) is 27.0 Å². The number of piperazine rings is 1. The Kier molecular flexibility index (Phi) is 8.43. The summed E-state index contributed by atoms with van der Waals surface area (Å²) in [5, 5.41) is 10.0. The van der Waals surface area contributed by atoms with Gasteiger partial charge in [-0.3, -0.25) is 0 Å². The maximum atomic E-state index is 13.4. The van der Waals surface area contributed by atoms with Crippen LogP contribution in [0.1, 0.15) is 24.5 Å². The standard InChI is InChI=1S/C27H29F3N2O4S2/c1-26(33,27(28,29)30)21-11-13-22(14-12-21)32-16-15-31(38(34,35)25-10-6-5-9-24(25)37)17-23(32)19-36-18-20-7-3-2-4-8-20/h2-8,10-14,23,33H,9,15-19H2,1H3/t23-,26?/m1/s1. The molecule has 1 saturated heterocycles. The molecular formula is C27H29F3N2O4S2. The van der Waals surface area contributed by atoms with E-state index in [1.165, 1.54) is 34.6 Å². The number of ether oxygens (including phenoxy) is 1. The number of rotatable bonds is 8. The second-order valence-corrected chi connectivity index (χ2v) is 11.8. The lowest BCUT2D eigenvalue weighted by Crippen LogP contribution is -2.57. The van der Waals surface area contributed by atoms with Gasteiger partial charge in [0.05, 0.1) is 24.2 Å². The molecule has 0 aromatic heterocycles. The lowest BCUT2D eigenvalue weighted by Gasteiger charge is -2.42. The average Bonchev–Trinajstić information content (AvgIpc) is 2.89. The van der Waals surface area contributed by atoms with Crippen LogP contribution >= 0.6 is 12.2 Å². The van der Waals surface area contributed by atoms with Gasteiger partial charge in [0.25, 0.3) is 0 Å². The van der Waals surface area contributed by atoms with Gasteiger partial charge in [-0.2, -0.15) is 17.5 Å². The Bertz CT molecular complexity index is 1310. The van der Waals surface area contributed by atoms with Crippen LogP contribution in [0.4, 0.5) is 18.9 Å². The summed E-state index contributed by atoms with van der Waals surface area (Å²) >= 11 is 5.31. The Morgan fingerprint density at radius 1 is 1.08 bits per heavy atom. The van der Waals surface area contributed by atoms with E-state index in [1.807, 2.05) is 35.2 Å². The van der Waals surface area contributed by atoms with Crippen molar-refractivity contribution in [2.75, 3.05) is 31.1 Å². The third-order valence-corrected chi connectivity index (χ3v) is 9.23. The van der Waals surface area contributed by atoms with Crippen LogP contribution in [-0.4, -0.2) is 61.2 Å². The zero-order chi connectivity index (χ0) is 27.6. The molecule has 1 heterocycles. The van der Waals surface area contributed by atoms with Crippen LogP contribution in [0, 0.1) is 0 Å². The van der Waals surface area contributed by atoms with Crippen molar-refractivity contribution in [2.45, 2.75) is 37.8 Å². The number of aliphatic hydroxyl groups is 1. The largest absolute Gasteiger partial charge is 0.421 e. The van der Waals surface area contributed by atoms with Gasteiger partial charge >= 0.3 is 6.18 Å². The van der Waals surface area contributed by atoms with E-state index >= 15 is 0 Å². The Hall–Kier alpha value is -2.57. The van der Waals surface area contributed by atoms with Crippen molar-refractivity contribution < 1.29 is 31.4 Å². The first-order valence-corrected chi connectivity index (χ1v) is 13.9. The Labute approximate surface area is 226 Å². The van der Waals surface area contributed by atoms with Crippen molar-refractivity contribution in [3.8, 4) is 0 Å². The van der Waals surface area contributed by atoms with Gasteiger partial charge in [0, 0.05) is 36.6 Å². The van der Waals surface area contributed by atoms with Gasteiger partial charge in [-0.25, -0.2) is 8.42 Å². The summed E-state index contributed by atoms with van der Waals surface area (Å²) in [5.74, 6) is 0. The summed E-state index contributed by atoms with van der Waals surface area (Å²) in [6, 6.07) is 14.6. The van der Waals surface area contributed by atoms with Crippen LogP contribution in [0.5, 0.6) is 0 Å². The van der Waals surface area contributed by atoms with Gasteiger partial charge in [0.1, 0.15) is 0 Å². The van der Waals surface area contributed by atoms with Crippen molar-refractivity contribution in [2.24, 2.45) is 0 Å². The quantitative estimate of drug-likeness (QED) is 0.467. The minimum atomic E-state index is -4.83. The first-order chi connectivity index (χ1) is 17.9. The minimum absolute atomic E-state index is 0.114. The summed E-state index contributed by atoms with van der Waals surface area (Å²) in [6.07, 6.45) is 0.555. The minimum Gasteiger partial charge on any atom is -0.376 e. The third kappa shape index (κ3) is 6.02. The Morgan fingerprint density at radius 3 is 2.39 bits per heavy atom. The molecule has 1 unspecified atom stereocenters. The first kappa shape index (κ1) is 28.4. The highest BCUT2D eigenvalue weighted by Crippen LogP contribution is 2.39. The number of anilines is 1. The van der Waals surface area contributed by atoms with E-state index in [4.69, 9.17) is 17.0 Å². The molecule has 2 aliphatic rings. The van der Waals surface area contributed by atoms with Crippen molar-refractivity contribution >= 4 is 32.8 Å². The fraction of sp³-hybridized carbons (Fsp3) is 0.370. The van der Waals surface area contributed by atoms with Crippen molar-refractivity contribution in [3.63, 3.8) is 0 Å². The van der Waals surface area contributed by atoms with Crippen LogP contribution in [0.15, 0.2) is 77.7 Å². The molecule has 0 radical (unpaired) electrons. The van der Waals surface area contributed by atoms with E-state index in [-0.39, 0.29) is 30.2 Å². The van der Waals surface area contributed by atoms with Gasteiger partial charge in [0.2, 0.25) is 10.0 Å². The molecule has 1 N–H and O–H groups in total. The highest BCUT2D eigenvalue weighted by molar-refractivity contribution is 7.96. The van der Waals surface area contributed by atoms with Crippen LogP contribution < -0.4 is 4.90 Å². The van der Waals surface area contributed by atoms with Gasteiger partial charge in [-0.05, 0) is 36.3 Å². The summed E-state index contributed by atoms with van der Waals surface area (Å²) < 4.78 is 74.1. The normalized spacial score (nSPS) is 20.8. The number of nitrogens with zero attached hydrogens (tertiary/aromatic N) is 2. The number of hydrogen-bond acceptors (Lipinski definition) is 6. The summed E-state index contributed by atoms with van der Waals surface area (Å²) in [7, 11) is -3.83. The maximum Gasteiger partial charge on any atom is 0.421 e. The second kappa shape index (κ2) is 11.3. The molecule has 4 rings (SSSR count). The summed E-state index contributed by atoms with van der Waals surface area (Å²) in [5.41, 5.74) is -1.70. The number of hydrogen-bond donors (Lipinski definition) is 1. The van der Waals surface area contributed by atoms with Crippen molar-refractivity contribution in [3.05, 3.63) is 88.9 Å². The average molecular weight is 567 g/mol. The fourth-order valence-electron chi connectivity index (χ4n) is 4.45. The summed E-state index contributed by atoms with van der Waals surface area (Å²) in [6.45, 7) is 1.80. The van der Waals surface area contributed by atoms with Gasteiger partial charge in [-0.15, -0.1) is 0 Å². The molecule has 2 aromatic carbocycles. The number of sulfonamides is 1. The molecule has 0 saturated carbocycles. The van der Waals surface area contributed by atoms with E-state index in [0.29, 0.717) is 37.0 Å². The van der Waals surface area contributed by atoms with Crippen LogP contribution in [0.2, 0.25) is 0 Å². The smallest absolute Gasteiger partial charge is 0.376 e. The molecular weight excluding hydrogens is 537 g/mol. The summed E-state index contributed by atoms with van der Waals surface area (Å²) in [4.78, 5) is 2.40. The van der Waals surface area contributed by atoms with Crippen molar-refractivity contribution in [1.82, 2.24) is 4.31 Å². The van der Waals surface area contributed by atoms with Crippen LogP contribution in [0.25, 0.3) is 0 Å². The number of thiocarbonyl (C=S) groups is 1. The Balaban J connectivity index is 1.56. The zero-order valence-electron chi connectivity index (χ0n) is 20.8. The Morgan fingerprint density at radius 2 is 1.76 bits per heavy atom. The van der Waals surface area contributed by atoms with E-state index in [1.54, 1.807) is 12.2 Å². The second-order valence-electron chi connectivity index (χ2n) is 9.41. The van der Waals surface area contributed by atoms with E-state index in [0.717, 1.165) is 5.56 Å². The number of alkyl halides is 3. The fourth-order valence-corrected chi connectivity index (χ4v) is 6.52. The lowest BCUT2D eigenvalue weighted by atomic mass is 9.95. The number of allylic oxidation sites excluding steroid dienone is 4. The molecule has 204 valence electrons. The van der Waals surface area contributed by atoms with Gasteiger partial charge in [-0.1, -0.05) is 66.8 Å². The topological polar surface area (TPSA) is 70.1 Å². The molecule has 2 aromatic rings. The zero-order valence-corrected chi connectivity index (χ0v) is 22.4. The molecule has 38 heavy (non-hydrogen) atoms. The first-order valence-electron chi connectivity index (χ1n) is 12.1. The van der Waals surface area contributed by atoms with E-state index in [2.05, 4.69) is 0 Å². The highest BCUT2D eigenvalue weighted by atomic mass is 32.2. The maximum absolute atomic E-state index is 13.4. The van der Waals surface area contributed by atoms with Crippen molar-refractivity contribution in [1.29, 1.82) is 0 Å². The predicted molar refractivity (Wildman–Crippen MR) is 144 cm³/mol. The number of halogens is 3. The highest BCUT2D eigenvalue weighted by Gasteiger charge is 2.51. The number of benzene rings is 2. The van der Waals surface area contributed by atoms with Crippen LogP contribution in [0.3, 0.4) is 0 Å². The molecule has 11 heteroatoms. The molecule has 6 nitrogen and oxygen atoms in total. The molecule has 0 spiro atoms. The SMILES string of the molecule is CC(O)(c1ccc(N2CCN(S(=O)(=O)C3=CC=CCC3=S)C[C@@H]2COCc2ccccc2)cc1)C(F)(F)F. The predicted octanol–water partition coefficient (Wildman–Crippen LogP) is 4.71. The molecule has 1 aliphatic carbocycles. The molecule has 2 atom stereocenters. The van der Waals surface area contributed by atoms with E-state index in [9.17, 15) is 26.7 Å².